The van der Waals surface area contributed by atoms with Crippen LogP contribution in [0.5, 0.6) is 0 Å². The van der Waals surface area contributed by atoms with Gasteiger partial charge in [0.25, 0.3) is 0 Å². The van der Waals surface area contributed by atoms with Crippen LogP contribution in [0, 0.1) is 0 Å². The average molecular weight is 488 g/mol. The summed E-state index contributed by atoms with van der Waals surface area (Å²) >= 11 is 0. The van der Waals surface area contributed by atoms with Crippen molar-refractivity contribution in [2.45, 2.75) is 52.7 Å². The molecule has 0 unspecified atom stereocenters. The van der Waals surface area contributed by atoms with Gasteiger partial charge in [-0.1, -0.05) is 32.6 Å². The van der Waals surface area contributed by atoms with Gasteiger partial charge in [-0.3, -0.25) is 14.8 Å². The van der Waals surface area contributed by atoms with E-state index in [9.17, 15) is 4.79 Å². The number of hydrogen-bond acceptors (Lipinski definition) is 5. The second-order valence-corrected chi connectivity index (χ2v) is 15.5. The SMILES string of the molecule is CCc1ccnc2c(-c3ccccn3)c(-c3ccnc(NC(C)=O)c3)n(COCC[Si](C)(C)C)c12. The van der Waals surface area contributed by atoms with Gasteiger partial charge in [0, 0.05) is 45.8 Å². The molecule has 182 valence electrons. The van der Waals surface area contributed by atoms with E-state index in [1.807, 2.05) is 36.5 Å². The van der Waals surface area contributed by atoms with Gasteiger partial charge in [0.05, 0.1) is 28.0 Å². The number of anilines is 1. The molecule has 0 radical (unpaired) electrons. The van der Waals surface area contributed by atoms with Gasteiger partial charge in [0.2, 0.25) is 5.91 Å². The van der Waals surface area contributed by atoms with Crippen molar-refractivity contribution in [3.8, 4) is 22.5 Å². The molecule has 0 aliphatic carbocycles. The summed E-state index contributed by atoms with van der Waals surface area (Å²) in [5, 5.41) is 2.80. The first kappa shape index (κ1) is 24.8. The van der Waals surface area contributed by atoms with Crippen LogP contribution in [-0.4, -0.2) is 40.1 Å². The van der Waals surface area contributed by atoms with E-state index in [-0.39, 0.29) is 5.91 Å². The van der Waals surface area contributed by atoms with E-state index in [0.29, 0.717) is 19.2 Å². The minimum Gasteiger partial charge on any atom is -0.361 e. The minimum atomic E-state index is -1.22. The maximum absolute atomic E-state index is 11.7. The summed E-state index contributed by atoms with van der Waals surface area (Å²) in [5.41, 5.74) is 6.80. The van der Waals surface area contributed by atoms with E-state index in [4.69, 9.17) is 9.72 Å². The molecular weight excluding hydrogens is 454 g/mol. The van der Waals surface area contributed by atoms with Crippen LogP contribution in [0.4, 0.5) is 5.82 Å². The van der Waals surface area contributed by atoms with Crippen LogP contribution in [0.2, 0.25) is 25.7 Å². The van der Waals surface area contributed by atoms with Crippen molar-refractivity contribution in [2.75, 3.05) is 11.9 Å². The molecule has 4 aromatic rings. The Hall–Kier alpha value is -3.36. The van der Waals surface area contributed by atoms with Gasteiger partial charge in [0.15, 0.2) is 0 Å². The van der Waals surface area contributed by atoms with Crippen LogP contribution in [0.3, 0.4) is 0 Å². The van der Waals surface area contributed by atoms with E-state index in [0.717, 1.165) is 46.0 Å². The van der Waals surface area contributed by atoms with Crippen molar-refractivity contribution in [3.63, 3.8) is 0 Å². The lowest BCUT2D eigenvalue weighted by Gasteiger charge is -2.18. The van der Waals surface area contributed by atoms with Gasteiger partial charge < -0.3 is 14.6 Å². The Morgan fingerprint density at radius 3 is 2.54 bits per heavy atom. The minimum absolute atomic E-state index is 0.162. The molecule has 7 nitrogen and oxygen atoms in total. The Morgan fingerprint density at radius 2 is 1.86 bits per heavy atom. The molecule has 35 heavy (non-hydrogen) atoms. The quantitative estimate of drug-likeness (QED) is 0.231. The number of carbonyl (C=O) groups is 1. The molecular formula is C27H33N5O2Si. The number of hydrogen-bond donors (Lipinski definition) is 1. The number of nitrogens with one attached hydrogen (secondary N) is 1. The zero-order valence-corrected chi connectivity index (χ0v) is 22.1. The zero-order chi connectivity index (χ0) is 25.0. The summed E-state index contributed by atoms with van der Waals surface area (Å²) < 4.78 is 8.48. The predicted molar refractivity (Wildman–Crippen MR) is 144 cm³/mol. The molecule has 0 saturated heterocycles. The number of carbonyl (C=O) groups excluding carboxylic acids is 1. The summed E-state index contributed by atoms with van der Waals surface area (Å²) in [5.74, 6) is 0.340. The Morgan fingerprint density at radius 1 is 1.06 bits per heavy atom. The number of rotatable bonds is 9. The van der Waals surface area contributed by atoms with E-state index >= 15 is 0 Å². The Bertz CT molecular complexity index is 1330. The molecule has 1 amide bonds. The third-order valence-corrected chi connectivity index (χ3v) is 7.58. The standard InChI is InChI=1S/C27H33N5O2Si/c1-6-20-10-14-30-25-24(22-9-7-8-12-28-22)26(21-11-13-29-23(17-21)31-19(2)33)32(27(20)25)18-34-15-16-35(3,4)5/h7-14,17H,6,15-16,18H2,1-5H3,(H,29,31,33). The predicted octanol–water partition coefficient (Wildman–Crippen LogP) is 5.99. The van der Waals surface area contributed by atoms with E-state index in [1.165, 1.54) is 12.5 Å². The molecule has 0 aliphatic rings. The first-order valence-electron chi connectivity index (χ1n) is 12.0. The fourth-order valence-corrected chi connectivity index (χ4v) is 4.92. The molecule has 0 aliphatic heterocycles. The fraction of sp³-hybridized carbons (Fsp3) is 0.333. The summed E-state index contributed by atoms with van der Waals surface area (Å²) in [6.45, 7) is 11.8. The van der Waals surface area contributed by atoms with Crippen LogP contribution >= 0.6 is 0 Å². The Balaban J connectivity index is 1.95. The highest BCUT2D eigenvalue weighted by atomic mass is 28.3. The van der Waals surface area contributed by atoms with Gasteiger partial charge in [-0.2, -0.15) is 0 Å². The van der Waals surface area contributed by atoms with Crippen LogP contribution in [0.25, 0.3) is 33.5 Å². The van der Waals surface area contributed by atoms with Crippen molar-refractivity contribution in [1.82, 2.24) is 19.5 Å². The molecule has 0 aromatic carbocycles. The molecule has 0 bridgehead atoms. The summed E-state index contributed by atoms with van der Waals surface area (Å²) in [7, 11) is -1.22. The number of nitrogens with zero attached hydrogens (tertiary/aromatic N) is 4. The maximum atomic E-state index is 11.7. The number of ether oxygens (including phenoxy) is 1. The van der Waals surface area contributed by atoms with Crippen molar-refractivity contribution >= 4 is 30.8 Å². The number of pyridine rings is 3. The van der Waals surface area contributed by atoms with E-state index < -0.39 is 8.07 Å². The molecule has 4 rings (SSSR count). The summed E-state index contributed by atoms with van der Waals surface area (Å²) in [4.78, 5) is 25.5. The number of fused-ring (bicyclic) bond motifs is 1. The van der Waals surface area contributed by atoms with Crippen molar-refractivity contribution in [1.29, 1.82) is 0 Å². The number of amides is 1. The molecule has 8 heteroatoms. The van der Waals surface area contributed by atoms with Gasteiger partial charge >= 0.3 is 0 Å². The lowest BCUT2D eigenvalue weighted by molar-refractivity contribution is -0.114. The second-order valence-electron chi connectivity index (χ2n) is 9.85. The van der Waals surface area contributed by atoms with Crippen molar-refractivity contribution in [2.24, 2.45) is 0 Å². The average Bonchev–Trinajstić information content (AvgIpc) is 3.16. The highest BCUT2D eigenvalue weighted by molar-refractivity contribution is 6.76. The summed E-state index contributed by atoms with van der Waals surface area (Å²) in [6.07, 6.45) is 6.24. The van der Waals surface area contributed by atoms with Crippen LogP contribution in [-0.2, 0) is 22.7 Å². The lowest BCUT2D eigenvalue weighted by atomic mass is 10.0. The molecule has 1 N–H and O–H groups in total. The van der Waals surface area contributed by atoms with Gasteiger partial charge in [-0.15, -0.1) is 0 Å². The molecule has 0 fully saturated rings. The topological polar surface area (TPSA) is 81.9 Å². The summed E-state index contributed by atoms with van der Waals surface area (Å²) in [6, 6.07) is 12.9. The van der Waals surface area contributed by atoms with Crippen LogP contribution in [0.15, 0.2) is 55.0 Å². The third-order valence-electron chi connectivity index (χ3n) is 5.88. The molecule has 0 spiro atoms. The molecule has 0 atom stereocenters. The Labute approximate surface area is 207 Å². The van der Waals surface area contributed by atoms with Gasteiger partial charge in [-0.05, 0) is 48.4 Å². The van der Waals surface area contributed by atoms with Gasteiger partial charge in [-0.25, -0.2) is 4.98 Å². The third kappa shape index (κ3) is 5.66. The zero-order valence-electron chi connectivity index (χ0n) is 21.1. The highest BCUT2D eigenvalue weighted by Crippen LogP contribution is 2.41. The Kier molecular flexibility index (Phi) is 7.42. The lowest BCUT2D eigenvalue weighted by Crippen LogP contribution is -2.22. The molecule has 0 saturated carbocycles. The van der Waals surface area contributed by atoms with Crippen LogP contribution < -0.4 is 5.32 Å². The first-order chi connectivity index (χ1) is 16.8. The van der Waals surface area contributed by atoms with Crippen molar-refractivity contribution < 1.29 is 9.53 Å². The first-order valence-corrected chi connectivity index (χ1v) is 15.7. The normalized spacial score (nSPS) is 11.7. The molecule has 4 heterocycles. The molecule has 4 aromatic heterocycles. The number of aryl methyl sites for hydroxylation is 1. The monoisotopic (exact) mass is 487 g/mol. The van der Waals surface area contributed by atoms with E-state index in [1.54, 1.807) is 12.4 Å². The van der Waals surface area contributed by atoms with Gasteiger partial charge in [0.1, 0.15) is 12.5 Å². The van der Waals surface area contributed by atoms with E-state index in [2.05, 4.69) is 52.5 Å². The fourth-order valence-electron chi connectivity index (χ4n) is 4.17. The second kappa shape index (κ2) is 10.5. The smallest absolute Gasteiger partial charge is 0.222 e. The highest BCUT2D eigenvalue weighted by Gasteiger charge is 2.24. The maximum Gasteiger partial charge on any atom is 0.222 e. The largest absolute Gasteiger partial charge is 0.361 e. The van der Waals surface area contributed by atoms with Crippen molar-refractivity contribution in [3.05, 3.63) is 60.6 Å². The van der Waals surface area contributed by atoms with Crippen LogP contribution in [0.1, 0.15) is 19.4 Å². The number of aromatic nitrogens is 4.